The number of hydrogen-bond acceptors (Lipinski definition) is 2. The summed E-state index contributed by atoms with van der Waals surface area (Å²) in [5, 5.41) is 0. The quantitative estimate of drug-likeness (QED) is 0.874. The van der Waals surface area contributed by atoms with Crippen molar-refractivity contribution in [3.8, 4) is 0 Å². The molecule has 2 N–H and O–H groups in total. The number of hydrogen-bond donors (Lipinski definition) is 1. The molecule has 0 saturated carbocycles. The first-order valence-corrected chi connectivity index (χ1v) is 7.94. The van der Waals surface area contributed by atoms with Crippen LogP contribution in [0.15, 0.2) is 50.7 Å². The van der Waals surface area contributed by atoms with Crippen molar-refractivity contribution < 1.29 is 0 Å². The highest BCUT2D eigenvalue weighted by Gasteiger charge is 2.06. The van der Waals surface area contributed by atoms with Crippen molar-refractivity contribution in [3.63, 3.8) is 0 Å². The van der Waals surface area contributed by atoms with E-state index in [9.17, 15) is 0 Å². The topological polar surface area (TPSA) is 26.0 Å². The van der Waals surface area contributed by atoms with Gasteiger partial charge < -0.3 is 5.73 Å². The van der Waals surface area contributed by atoms with E-state index in [-0.39, 0.29) is 0 Å². The standard InChI is InChI=1S/C16H18BrNS/c1-11-3-5-15(12(2)9-11)19-16-6-4-13(7-8-18)10-14(16)17/h3-6,9-10H,7-8,18H2,1-2H3. The summed E-state index contributed by atoms with van der Waals surface area (Å²) in [6, 6.07) is 13.1. The highest BCUT2D eigenvalue weighted by molar-refractivity contribution is 9.10. The molecule has 0 atom stereocenters. The third kappa shape index (κ3) is 3.85. The lowest BCUT2D eigenvalue weighted by Crippen LogP contribution is -2.02. The SMILES string of the molecule is Cc1ccc(Sc2ccc(CCN)cc2Br)c(C)c1. The molecule has 0 saturated heterocycles. The van der Waals surface area contributed by atoms with Crippen LogP contribution in [0.25, 0.3) is 0 Å². The molecule has 0 spiro atoms. The fourth-order valence-corrected chi connectivity index (χ4v) is 3.54. The van der Waals surface area contributed by atoms with Crippen LogP contribution in [-0.2, 0) is 6.42 Å². The number of nitrogens with two attached hydrogens (primary N) is 1. The van der Waals surface area contributed by atoms with Crippen LogP contribution < -0.4 is 5.73 Å². The van der Waals surface area contributed by atoms with Gasteiger partial charge >= 0.3 is 0 Å². The minimum atomic E-state index is 0.690. The van der Waals surface area contributed by atoms with Gasteiger partial charge in [0.1, 0.15) is 0 Å². The van der Waals surface area contributed by atoms with E-state index in [4.69, 9.17) is 5.73 Å². The van der Waals surface area contributed by atoms with Crippen molar-refractivity contribution in [2.24, 2.45) is 5.73 Å². The van der Waals surface area contributed by atoms with Gasteiger partial charge in [0.15, 0.2) is 0 Å². The van der Waals surface area contributed by atoms with Crippen molar-refractivity contribution in [1.29, 1.82) is 0 Å². The Morgan fingerprint density at radius 2 is 1.79 bits per heavy atom. The predicted molar refractivity (Wildman–Crippen MR) is 86.9 cm³/mol. The van der Waals surface area contributed by atoms with Gasteiger partial charge in [0.05, 0.1) is 0 Å². The van der Waals surface area contributed by atoms with E-state index < -0.39 is 0 Å². The van der Waals surface area contributed by atoms with Crippen molar-refractivity contribution in [3.05, 3.63) is 57.6 Å². The lowest BCUT2D eigenvalue weighted by molar-refractivity contribution is 0.965. The molecule has 0 aliphatic heterocycles. The zero-order chi connectivity index (χ0) is 13.8. The number of aryl methyl sites for hydroxylation is 2. The van der Waals surface area contributed by atoms with Crippen molar-refractivity contribution >= 4 is 27.7 Å². The Morgan fingerprint density at radius 3 is 2.42 bits per heavy atom. The van der Waals surface area contributed by atoms with Crippen molar-refractivity contribution in [2.45, 2.75) is 30.1 Å². The first-order chi connectivity index (χ1) is 9.10. The van der Waals surface area contributed by atoms with Gasteiger partial charge in [-0.15, -0.1) is 0 Å². The molecule has 100 valence electrons. The van der Waals surface area contributed by atoms with Crippen LogP contribution >= 0.6 is 27.7 Å². The maximum Gasteiger partial charge on any atom is 0.0317 e. The summed E-state index contributed by atoms with van der Waals surface area (Å²) in [4.78, 5) is 2.55. The van der Waals surface area contributed by atoms with Crippen molar-refractivity contribution in [1.82, 2.24) is 0 Å². The Kier molecular flexibility index (Phi) is 5.08. The van der Waals surface area contributed by atoms with E-state index in [1.165, 1.54) is 26.5 Å². The zero-order valence-corrected chi connectivity index (χ0v) is 13.6. The van der Waals surface area contributed by atoms with Crippen LogP contribution in [0.4, 0.5) is 0 Å². The first kappa shape index (κ1) is 14.6. The molecule has 0 aromatic heterocycles. The number of rotatable bonds is 4. The van der Waals surface area contributed by atoms with Gasteiger partial charge in [-0.1, -0.05) is 35.5 Å². The molecule has 0 amide bonds. The Labute approximate surface area is 127 Å². The van der Waals surface area contributed by atoms with Gasteiger partial charge in [-0.3, -0.25) is 0 Å². The molecule has 0 radical (unpaired) electrons. The van der Waals surface area contributed by atoms with Crippen LogP contribution in [-0.4, -0.2) is 6.54 Å². The van der Waals surface area contributed by atoms with E-state index in [0.717, 1.165) is 10.9 Å². The average Bonchev–Trinajstić information content (AvgIpc) is 2.36. The third-order valence-corrected chi connectivity index (χ3v) is 5.15. The molecule has 2 aromatic rings. The summed E-state index contributed by atoms with van der Waals surface area (Å²) < 4.78 is 1.14. The Balaban J connectivity index is 2.23. The Morgan fingerprint density at radius 1 is 1.05 bits per heavy atom. The van der Waals surface area contributed by atoms with E-state index in [0.29, 0.717) is 6.54 Å². The fourth-order valence-electron chi connectivity index (χ4n) is 1.98. The van der Waals surface area contributed by atoms with Crippen LogP contribution in [0.2, 0.25) is 0 Å². The summed E-state index contributed by atoms with van der Waals surface area (Å²) in [5.74, 6) is 0. The summed E-state index contributed by atoms with van der Waals surface area (Å²) in [6.45, 7) is 4.97. The van der Waals surface area contributed by atoms with Gasteiger partial charge in [-0.2, -0.15) is 0 Å². The molecule has 0 unspecified atom stereocenters. The normalized spacial score (nSPS) is 10.7. The van der Waals surface area contributed by atoms with Gasteiger partial charge in [0, 0.05) is 14.3 Å². The second-order valence-electron chi connectivity index (χ2n) is 4.67. The van der Waals surface area contributed by atoms with Gasteiger partial charge in [-0.05, 0) is 72.1 Å². The van der Waals surface area contributed by atoms with E-state index >= 15 is 0 Å². The molecule has 2 rings (SSSR count). The molecule has 1 nitrogen and oxygen atoms in total. The molecule has 3 heteroatoms. The van der Waals surface area contributed by atoms with Gasteiger partial charge in [0.2, 0.25) is 0 Å². The predicted octanol–water partition coefficient (Wildman–Crippen LogP) is 4.72. The molecule has 0 bridgehead atoms. The molecule has 2 aromatic carbocycles. The third-order valence-electron chi connectivity index (χ3n) is 2.98. The second kappa shape index (κ2) is 6.60. The van der Waals surface area contributed by atoms with E-state index in [2.05, 4.69) is 66.2 Å². The Bertz CT molecular complexity index is 581. The molecule has 19 heavy (non-hydrogen) atoms. The zero-order valence-electron chi connectivity index (χ0n) is 11.2. The van der Waals surface area contributed by atoms with Crippen LogP contribution in [0.1, 0.15) is 16.7 Å². The minimum absolute atomic E-state index is 0.690. The highest BCUT2D eigenvalue weighted by Crippen LogP contribution is 2.35. The molecule has 0 heterocycles. The molecule has 0 aliphatic rings. The summed E-state index contributed by atoms with van der Waals surface area (Å²) >= 11 is 5.45. The summed E-state index contributed by atoms with van der Waals surface area (Å²) in [6.07, 6.45) is 0.924. The molecular formula is C16H18BrNS. The first-order valence-electron chi connectivity index (χ1n) is 6.34. The average molecular weight is 336 g/mol. The summed E-state index contributed by atoms with van der Waals surface area (Å²) in [5.41, 5.74) is 9.49. The largest absolute Gasteiger partial charge is 0.330 e. The maximum absolute atomic E-state index is 5.59. The van der Waals surface area contributed by atoms with Crippen molar-refractivity contribution in [2.75, 3.05) is 6.54 Å². The van der Waals surface area contributed by atoms with E-state index in [1.54, 1.807) is 11.8 Å². The highest BCUT2D eigenvalue weighted by atomic mass is 79.9. The van der Waals surface area contributed by atoms with E-state index in [1.807, 2.05) is 0 Å². The lowest BCUT2D eigenvalue weighted by Gasteiger charge is -2.09. The minimum Gasteiger partial charge on any atom is -0.330 e. The molecule has 0 fully saturated rings. The van der Waals surface area contributed by atoms with Crippen LogP contribution in [0.5, 0.6) is 0 Å². The monoisotopic (exact) mass is 335 g/mol. The number of benzene rings is 2. The maximum atomic E-state index is 5.59. The lowest BCUT2D eigenvalue weighted by atomic mass is 10.1. The van der Waals surface area contributed by atoms with Gasteiger partial charge in [0.25, 0.3) is 0 Å². The fraction of sp³-hybridized carbons (Fsp3) is 0.250. The second-order valence-corrected chi connectivity index (χ2v) is 6.61. The van der Waals surface area contributed by atoms with Gasteiger partial charge in [-0.25, -0.2) is 0 Å². The molecular weight excluding hydrogens is 318 g/mol. The smallest absolute Gasteiger partial charge is 0.0317 e. The Hall–Kier alpha value is -0.770. The summed E-state index contributed by atoms with van der Waals surface area (Å²) in [7, 11) is 0. The molecule has 0 aliphatic carbocycles. The van der Waals surface area contributed by atoms with Crippen LogP contribution in [0.3, 0.4) is 0 Å². The van der Waals surface area contributed by atoms with Crippen LogP contribution in [0, 0.1) is 13.8 Å². The number of halogens is 1.